The second-order valence-corrected chi connectivity index (χ2v) is 9.64. The summed E-state index contributed by atoms with van der Waals surface area (Å²) in [7, 11) is 0. The van der Waals surface area contributed by atoms with Gasteiger partial charge in [-0.1, -0.05) is 6.92 Å². The Labute approximate surface area is 181 Å². The van der Waals surface area contributed by atoms with Gasteiger partial charge in [0.1, 0.15) is 5.60 Å². The molecule has 0 bridgehead atoms. The maximum atomic E-state index is 12.5. The molecule has 2 N–H and O–H groups in total. The molecular formula is C22H30N4O3S. The molecule has 2 heterocycles. The number of carbonyl (C=O) groups is 2. The van der Waals surface area contributed by atoms with Crippen LogP contribution in [-0.2, 0) is 11.3 Å². The summed E-state index contributed by atoms with van der Waals surface area (Å²) in [4.78, 5) is 31.3. The zero-order valence-electron chi connectivity index (χ0n) is 18.0. The van der Waals surface area contributed by atoms with Gasteiger partial charge < -0.3 is 4.74 Å². The number of likely N-dealkylation sites (tertiary alicyclic amines) is 1. The summed E-state index contributed by atoms with van der Waals surface area (Å²) >= 11 is 1.44. The smallest absolute Gasteiger partial charge is 0.412 e. The van der Waals surface area contributed by atoms with Crippen molar-refractivity contribution < 1.29 is 14.3 Å². The van der Waals surface area contributed by atoms with Crippen LogP contribution < -0.4 is 10.6 Å². The number of nitrogens with zero attached hydrogens (tertiary/aromatic N) is 2. The van der Waals surface area contributed by atoms with Crippen LogP contribution >= 0.6 is 11.3 Å². The Hall–Kier alpha value is -2.45. The van der Waals surface area contributed by atoms with Gasteiger partial charge in [-0.25, -0.2) is 9.78 Å². The Morgan fingerprint density at radius 1 is 1.23 bits per heavy atom. The lowest BCUT2D eigenvalue weighted by molar-refractivity contribution is 0.0636. The number of ether oxygens (including phenoxy) is 1. The van der Waals surface area contributed by atoms with Crippen molar-refractivity contribution in [3.63, 3.8) is 0 Å². The van der Waals surface area contributed by atoms with Gasteiger partial charge in [0.05, 0.1) is 5.69 Å². The number of nitrogens with one attached hydrogen (secondary N) is 2. The van der Waals surface area contributed by atoms with E-state index in [-0.39, 0.29) is 5.91 Å². The number of anilines is 2. The molecule has 1 aliphatic heterocycles. The van der Waals surface area contributed by atoms with Gasteiger partial charge in [0.15, 0.2) is 5.13 Å². The van der Waals surface area contributed by atoms with Crippen molar-refractivity contribution in [1.82, 2.24) is 9.88 Å². The molecule has 30 heavy (non-hydrogen) atoms. The number of rotatable bonds is 5. The van der Waals surface area contributed by atoms with E-state index in [1.54, 1.807) is 45.0 Å². The number of thiazole rings is 1. The van der Waals surface area contributed by atoms with Crippen LogP contribution in [0.3, 0.4) is 0 Å². The number of amides is 2. The predicted molar refractivity (Wildman–Crippen MR) is 120 cm³/mol. The first-order valence-corrected chi connectivity index (χ1v) is 11.1. The summed E-state index contributed by atoms with van der Waals surface area (Å²) in [5, 5.41) is 8.10. The van der Waals surface area contributed by atoms with Gasteiger partial charge in [0.25, 0.3) is 5.91 Å². The Bertz CT molecular complexity index is 873. The highest BCUT2D eigenvalue weighted by Gasteiger charge is 2.18. The first-order chi connectivity index (χ1) is 14.2. The lowest BCUT2D eigenvalue weighted by Gasteiger charge is -2.30. The number of benzene rings is 1. The second-order valence-electron chi connectivity index (χ2n) is 8.78. The Morgan fingerprint density at radius 2 is 1.97 bits per heavy atom. The van der Waals surface area contributed by atoms with E-state index in [4.69, 9.17) is 4.74 Å². The lowest BCUT2D eigenvalue weighted by Crippen LogP contribution is -2.33. The summed E-state index contributed by atoms with van der Waals surface area (Å²) in [6.07, 6.45) is 1.99. The fourth-order valence-corrected chi connectivity index (χ4v) is 4.09. The molecule has 1 saturated heterocycles. The van der Waals surface area contributed by atoms with Crippen LogP contribution in [0.5, 0.6) is 0 Å². The summed E-state index contributed by atoms with van der Waals surface area (Å²) < 4.78 is 5.22. The number of hydrogen-bond donors (Lipinski definition) is 2. The summed E-state index contributed by atoms with van der Waals surface area (Å²) in [6, 6.07) is 6.66. The van der Waals surface area contributed by atoms with E-state index in [1.807, 2.05) is 5.38 Å². The first kappa shape index (κ1) is 22.2. The van der Waals surface area contributed by atoms with Crippen molar-refractivity contribution in [3.8, 4) is 0 Å². The first-order valence-electron chi connectivity index (χ1n) is 10.3. The lowest BCUT2D eigenvalue weighted by atomic mass is 10.0. The highest BCUT2D eigenvalue weighted by Crippen LogP contribution is 2.21. The van der Waals surface area contributed by atoms with Crippen LogP contribution in [0.15, 0.2) is 29.6 Å². The maximum absolute atomic E-state index is 12.5. The number of aromatic nitrogens is 1. The fraction of sp³-hybridized carbons (Fsp3) is 0.500. The molecule has 1 atom stereocenters. The molecule has 1 aromatic heterocycles. The van der Waals surface area contributed by atoms with Gasteiger partial charge in [-0.05, 0) is 70.3 Å². The summed E-state index contributed by atoms with van der Waals surface area (Å²) in [5.74, 6) is 0.496. The van der Waals surface area contributed by atoms with Crippen molar-refractivity contribution in [3.05, 3.63) is 40.9 Å². The largest absolute Gasteiger partial charge is 0.444 e. The molecule has 0 aliphatic carbocycles. The molecule has 0 saturated carbocycles. The van der Waals surface area contributed by atoms with Crippen molar-refractivity contribution in [2.45, 2.75) is 52.7 Å². The number of hydrogen-bond acceptors (Lipinski definition) is 6. The van der Waals surface area contributed by atoms with Crippen molar-refractivity contribution >= 4 is 34.2 Å². The predicted octanol–water partition coefficient (Wildman–Crippen LogP) is 4.97. The van der Waals surface area contributed by atoms with Gasteiger partial charge in [0.2, 0.25) is 0 Å². The molecule has 2 aromatic rings. The quantitative estimate of drug-likeness (QED) is 0.699. The Morgan fingerprint density at radius 3 is 2.63 bits per heavy atom. The third-order valence-electron chi connectivity index (χ3n) is 4.69. The molecule has 3 rings (SSSR count). The van der Waals surface area contributed by atoms with E-state index >= 15 is 0 Å². The van der Waals surface area contributed by atoms with Crippen molar-refractivity contribution in [2.24, 2.45) is 5.92 Å². The molecule has 0 spiro atoms. The molecule has 7 nitrogen and oxygen atoms in total. The SMILES string of the molecule is CC1CCCN(Cc2csc(NC(=O)c3ccc(NC(=O)OC(C)(C)C)cc3)n2)C1. The van der Waals surface area contributed by atoms with Gasteiger partial charge in [-0.2, -0.15) is 0 Å². The van der Waals surface area contributed by atoms with E-state index in [2.05, 4.69) is 27.4 Å². The van der Waals surface area contributed by atoms with Gasteiger partial charge in [-0.3, -0.25) is 20.3 Å². The van der Waals surface area contributed by atoms with E-state index < -0.39 is 11.7 Å². The van der Waals surface area contributed by atoms with Gasteiger partial charge in [-0.15, -0.1) is 11.3 Å². The second kappa shape index (κ2) is 9.57. The Balaban J connectivity index is 1.52. The molecule has 1 fully saturated rings. The van der Waals surface area contributed by atoms with Crippen LogP contribution in [0.1, 0.15) is 56.6 Å². The molecule has 8 heteroatoms. The molecule has 162 valence electrons. The molecule has 1 unspecified atom stereocenters. The van der Waals surface area contributed by atoms with Crippen LogP contribution in [0, 0.1) is 5.92 Å². The van der Waals surface area contributed by atoms with Gasteiger partial charge in [0, 0.05) is 29.7 Å². The summed E-state index contributed by atoms with van der Waals surface area (Å²) in [6.45, 7) is 10.7. The maximum Gasteiger partial charge on any atom is 0.412 e. The summed E-state index contributed by atoms with van der Waals surface area (Å²) in [5.41, 5.74) is 1.48. The normalized spacial score (nSPS) is 17.4. The van der Waals surface area contributed by atoms with Crippen LogP contribution in [0.4, 0.5) is 15.6 Å². The molecule has 0 radical (unpaired) electrons. The monoisotopic (exact) mass is 430 g/mol. The zero-order valence-corrected chi connectivity index (χ0v) is 18.8. The van der Waals surface area contributed by atoms with Crippen LogP contribution in [-0.4, -0.2) is 40.6 Å². The number of carbonyl (C=O) groups excluding carboxylic acids is 2. The third kappa shape index (κ3) is 6.81. The topological polar surface area (TPSA) is 83.6 Å². The third-order valence-corrected chi connectivity index (χ3v) is 5.50. The van der Waals surface area contributed by atoms with Crippen molar-refractivity contribution in [1.29, 1.82) is 0 Å². The molecule has 1 aliphatic rings. The fourth-order valence-electron chi connectivity index (χ4n) is 3.39. The average molecular weight is 431 g/mol. The van der Waals surface area contributed by atoms with E-state index in [0.29, 0.717) is 16.4 Å². The molecular weight excluding hydrogens is 400 g/mol. The van der Waals surface area contributed by atoms with E-state index in [1.165, 1.54) is 24.2 Å². The highest BCUT2D eigenvalue weighted by molar-refractivity contribution is 7.14. The minimum Gasteiger partial charge on any atom is -0.444 e. The standard InChI is InChI=1S/C22H30N4O3S/c1-15-6-5-11-26(12-15)13-18-14-30-20(23-18)25-19(27)16-7-9-17(10-8-16)24-21(28)29-22(2,3)4/h7-10,14-15H,5-6,11-13H2,1-4H3,(H,24,28)(H,23,25,27). The zero-order chi connectivity index (χ0) is 21.7. The van der Waals surface area contributed by atoms with E-state index in [0.717, 1.165) is 31.2 Å². The highest BCUT2D eigenvalue weighted by atomic mass is 32.1. The Kier molecular flexibility index (Phi) is 7.10. The number of piperidine rings is 1. The minimum atomic E-state index is -0.567. The van der Waals surface area contributed by atoms with Crippen LogP contribution in [0.2, 0.25) is 0 Å². The molecule has 1 aromatic carbocycles. The molecule has 2 amide bonds. The average Bonchev–Trinajstić information content (AvgIpc) is 3.07. The van der Waals surface area contributed by atoms with E-state index in [9.17, 15) is 9.59 Å². The van der Waals surface area contributed by atoms with Crippen molar-refractivity contribution in [2.75, 3.05) is 23.7 Å². The van der Waals surface area contributed by atoms with Crippen LogP contribution in [0.25, 0.3) is 0 Å². The minimum absolute atomic E-state index is 0.230. The van der Waals surface area contributed by atoms with Gasteiger partial charge >= 0.3 is 6.09 Å².